The molecule has 2 rings (SSSR count). The van der Waals surface area contributed by atoms with Crippen molar-refractivity contribution in [3.05, 3.63) is 69.8 Å². The van der Waals surface area contributed by atoms with Crippen LogP contribution in [0.2, 0.25) is 0 Å². The van der Waals surface area contributed by atoms with Crippen molar-refractivity contribution in [1.82, 2.24) is 0 Å². The molecule has 0 saturated heterocycles. The summed E-state index contributed by atoms with van der Waals surface area (Å²) in [5.41, 5.74) is 1.81. The Bertz CT molecular complexity index is 678. The fraction of sp³-hybridized carbons (Fsp3) is 0.188. The van der Waals surface area contributed by atoms with Crippen LogP contribution >= 0.6 is 0 Å². The first-order valence-electron chi connectivity index (χ1n) is 6.59. The Hall–Kier alpha value is -2.87. The van der Waals surface area contributed by atoms with Crippen molar-refractivity contribution in [2.45, 2.75) is 12.8 Å². The molecule has 2 aromatic carbocycles. The van der Waals surface area contributed by atoms with Crippen molar-refractivity contribution in [3.63, 3.8) is 0 Å². The molecule has 0 spiro atoms. The van der Waals surface area contributed by atoms with E-state index in [-0.39, 0.29) is 17.2 Å². The van der Waals surface area contributed by atoms with Crippen LogP contribution in [0.1, 0.15) is 24.0 Å². The molecule has 0 amide bonds. The fourth-order valence-electron chi connectivity index (χ4n) is 2.06. The lowest BCUT2D eigenvalue weighted by Crippen LogP contribution is -2.11. The van der Waals surface area contributed by atoms with E-state index in [1.54, 1.807) is 12.1 Å². The van der Waals surface area contributed by atoms with Crippen LogP contribution in [0, 0.1) is 21.4 Å². The Morgan fingerprint density at radius 2 is 2.00 bits per heavy atom. The van der Waals surface area contributed by atoms with Gasteiger partial charge in [0.25, 0.3) is 5.69 Å². The molecule has 5 nitrogen and oxygen atoms in total. The van der Waals surface area contributed by atoms with E-state index in [0.29, 0.717) is 12.2 Å². The summed E-state index contributed by atoms with van der Waals surface area (Å²) in [6, 6.07) is 16.3. The Kier molecular flexibility index (Phi) is 4.52. The standard InChI is InChI=1S/C16H15N3O2/c1-12(14-5-3-2-4-6-14)11-18-15-8-7-13(10-17)9-16(15)19(20)21/h2-9,12,18H,11H2,1H3. The average Bonchev–Trinajstić information content (AvgIpc) is 2.53. The molecule has 0 aliphatic carbocycles. The van der Waals surface area contributed by atoms with Crippen LogP contribution in [0.15, 0.2) is 48.5 Å². The van der Waals surface area contributed by atoms with Crippen LogP contribution in [0.25, 0.3) is 0 Å². The third-order valence-corrected chi connectivity index (χ3v) is 3.29. The summed E-state index contributed by atoms with van der Waals surface area (Å²) < 4.78 is 0. The van der Waals surface area contributed by atoms with Crippen LogP contribution < -0.4 is 5.32 Å². The zero-order valence-electron chi connectivity index (χ0n) is 11.6. The molecule has 0 fully saturated rings. The van der Waals surface area contributed by atoms with Crippen molar-refractivity contribution in [1.29, 1.82) is 5.26 Å². The molecule has 0 radical (unpaired) electrons. The quantitative estimate of drug-likeness (QED) is 0.669. The van der Waals surface area contributed by atoms with Crippen LogP contribution in [0.3, 0.4) is 0 Å². The van der Waals surface area contributed by atoms with Gasteiger partial charge in [-0.3, -0.25) is 10.1 Å². The summed E-state index contributed by atoms with van der Waals surface area (Å²) in [6.07, 6.45) is 0. The van der Waals surface area contributed by atoms with E-state index >= 15 is 0 Å². The number of nitro groups is 1. The monoisotopic (exact) mass is 281 g/mol. The van der Waals surface area contributed by atoms with E-state index in [4.69, 9.17) is 5.26 Å². The number of benzene rings is 2. The lowest BCUT2D eigenvalue weighted by molar-refractivity contribution is -0.384. The van der Waals surface area contributed by atoms with Crippen molar-refractivity contribution in [3.8, 4) is 6.07 Å². The minimum atomic E-state index is -0.476. The Morgan fingerprint density at radius 1 is 1.29 bits per heavy atom. The minimum Gasteiger partial charge on any atom is -0.379 e. The molecule has 2 aromatic rings. The van der Waals surface area contributed by atoms with Crippen molar-refractivity contribution >= 4 is 11.4 Å². The highest BCUT2D eigenvalue weighted by Crippen LogP contribution is 2.26. The van der Waals surface area contributed by atoms with Crippen LogP contribution in [-0.2, 0) is 0 Å². The highest BCUT2D eigenvalue weighted by molar-refractivity contribution is 5.64. The molecule has 1 N–H and O–H groups in total. The highest BCUT2D eigenvalue weighted by Gasteiger charge is 2.15. The van der Waals surface area contributed by atoms with Gasteiger partial charge in [0.2, 0.25) is 0 Å². The number of anilines is 1. The number of nitrogens with zero attached hydrogens (tertiary/aromatic N) is 2. The normalized spacial score (nSPS) is 11.4. The molecular weight excluding hydrogens is 266 g/mol. The van der Waals surface area contributed by atoms with E-state index in [1.165, 1.54) is 11.6 Å². The Balaban J connectivity index is 2.13. The average molecular weight is 281 g/mol. The third kappa shape index (κ3) is 3.57. The minimum absolute atomic E-state index is 0.0747. The Labute approximate surface area is 123 Å². The topological polar surface area (TPSA) is 79.0 Å². The fourth-order valence-corrected chi connectivity index (χ4v) is 2.06. The lowest BCUT2D eigenvalue weighted by atomic mass is 10.0. The zero-order chi connectivity index (χ0) is 15.2. The summed E-state index contributed by atoms with van der Waals surface area (Å²) in [7, 11) is 0. The first-order chi connectivity index (χ1) is 10.1. The molecule has 1 unspecified atom stereocenters. The number of rotatable bonds is 5. The van der Waals surface area contributed by atoms with E-state index in [1.807, 2.05) is 36.4 Å². The zero-order valence-corrected chi connectivity index (χ0v) is 11.6. The number of nitriles is 1. The molecule has 1 atom stereocenters. The molecule has 0 bridgehead atoms. The maximum absolute atomic E-state index is 11.1. The molecule has 0 aliphatic rings. The van der Waals surface area contributed by atoms with Gasteiger partial charge in [0.05, 0.1) is 16.6 Å². The molecule has 0 saturated carbocycles. The van der Waals surface area contributed by atoms with Crippen molar-refractivity contribution < 1.29 is 4.92 Å². The maximum atomic E-state index is 11.1. The number of nitrogens with one attached hydrogen (secondary N) is 1. The largest absolute Gasteiger partial charge is 0.379 e. The third-order valence-electron chi connectivity index (χ3n) is 3.29. The van der Waals surface area contributed by atoms with E-state index in [2.05, 4.69) is 12.2 Å². The van der Waals surface area contributed by atoms with E-state index in [0.717, 1.165) is 0 Å². The first kappa shape index (κ1) is 14.5. The second kappa shape index (κ2) is 6.53. The summed E-state index contributed by atoms with van der Waals surface area (Å²) in [6.45, 7) is 2.63. The SMILES string of the molecule is CC(CNc1ccc(C#N)cc1[N+](=O)[O-])c1ccccc1. The van der Waals surface area contributed by atoms with Gasteiger partial charge in [-0.15, -0.1) is 0 Å². The highest BCUT2D eigenvalue weighted by atomic mass is 16.6. The number of nitro benzene ring substituents is 1. The van der Waals surface area contributed by atoms with Crippen molar-refractivity contribution in [2.75, 3.05) is 11.9 Å². The first-order valence-corrected chi connectivity index (χ1v) is 6.59. The molecule has 21 heavy (non-hydrogen) atoms. The van der Waals surface area contributed by atoms with Gasteiger partial charge in [0.1, 0.15) is 5.69 Å². The van der Waals surface area contributed by atoms with Gasteiger partial charge in [0, 0.05) is 12.6 Å². The Morgan fingerprint density at radius 3 is 2.62 bits per heavy atom. The predicted octanol–water partition coefficient (Wildman–Crippen LogP) is 3.68. The summed E-state index contributed by atoms with van der Waals surface area (Å²) >= 11 is 0. The van der Waals surface area contributed by atoms with Crippen LogP contribution in [-0.4, -0.2) is 11.5 Å². The van der Waals surface area contributed by atoms with Gasteiger partial charge < -0.3 is 5.32 Å². The van der Waals surface area contributed by atoms with Gasteiger partial charge in [-0.05, 0) is 23.6 Å². The molecule has 106 valence electrons. The van der Waals surface area contributed by atoms with Crippen molar-refractivity contribution in [2.24, 2.45) is 0 Å². The van der Waals surface area contributed by atoms with Crippen LogP contribution in [0.4, 0.5) is 11.4 Å². The molecule has 5 heteroatoms. The van der Waals surface area contributed by atoms with Gasteiger partial charge >= 0.3 is 0 Å². The number of hydrogen-bond donors (Lipinski definition) is 1. The van der Waals surface area contributed by atoms with Crippen LogP contribution in [0.5, 0.6) is 0 Å². The molecule has 0 aliphatic heterocycles. The molecule has 0 aromatic heterocycles. The molecule has 0 heterocycles. The predicted molar refractivity (Wildman–Crippen MR) is 81.2 cm³/mol. The van der Waals surface area contributed by atoms with Gasteiger partial charge in [0.15, 0.2) is 0 Å². The number of hydrogen-bond acceptors (Lipinski definition) is 4. The summed E-state index contributed by atoms with van der Waals surface area (Å²) in [5, 5.41) is 23.0. The van der Waals surface area contributed by atoms with Gasteiger partial charge in [-0.1, -0.05) is 37.3 Å². The van der Waals surface area contributed by atoms with E-state index in [9.17, 15) is 10.1 Å². The second-order valence-electron chi connectivity index (χ2n) is 4.79. The van der Waals surface area contributed by atoms with E-state index < -0.39 is 4.92 Å². The van der Waals surface area contributed by atoms with Gasteiger partial charge in [-0.25, -0.2) is 0 Å². The smallest absolute Gasteiger partial charge is 0.293 e. The molecular formula is C16H15N3O2. The summed E-state index contributed by atoms with van der Waals surface area (Å²) in [5.74, 6) is 0.224. The lowest BCUT2D eigenvalue weighted by Gasteiger charge is -2.14. The second-order valence-corrected chi connectivity index (χ2v) is 4.79. The van der Waals surface area contributed by atoms with Gasteiger partial charge in [-0.2, -0.15) is 5.26 Å². The summed E-state index contributed by atoms with van der Waals surface area (Å²) in [4.78, 5) is 10.6. The maximum Gasteiger partial charge on any atom is 0.293 e.